The molecule has 132 valence electrons. The quantitative estimate of drug-likeness (QED) is 0.605. The van der Waals surface area contributed by atoms with E-state index in [-0.39, 0.29) is 12.4 Å². The van der Waals surface area contributed by atoms with E-state index >= 15 is 0 Å². The third-order valence-corrected chi connectivity index (χ3v) is 3.65. The number of hydrogen-bond donors (Lipinski definition) is 2. The van der Waals surface area contributed by atoms with Crippen molar-refractivity contribution in [3.05, 3.63) is 48.0 Å². The Hall–Kier alpha value is -2.80. The summed E-state index contributed by atoms with van der Waals surface area (Å²) in [7, 11) is 4.55. The van der Waals surface area contributed by atoms with Gasteiger partial charge in [0.2, 0.25) is 0 Å². The van der Waals surface area contributed by atoms with Crippen molar-refractivity contribution in [3.8, 4) is 11.5 Å². The number of ether oxygens (including phenoxy) is 3. The molecule has 0 heterocycles. The van der Waals surface area contributed by atoms with Crippen molar-refractivity contribution in [1.29, 1.82) is 0 Å². The zero-order valence-electron chi connectivity index (χ0n) is 14.3. The first kappa shape index (κ1) is 18.5. The van der Waals surface area contributed by atoms with Gasteiger partial charge in [-0.25, -0.2) is 0 Å². The number of esters is 1. The molecule has 0 unspecified atom stereocenters. The van der Waals surface area contributed by atoms with Gasteiger partial charge in [0.1, 0.15) is 11.5 Å². The fourth-order valence-electron chi connectivity index (χ4n) is 2.14. The molecule has 2 aromatic rings. The average Bonchev–Trinajstić information content (AvgIpc) is 2.63. The van der Waals surface area contributed by atoms with Crippen molar-refractivity contribution < 1.29 is 19.0 Å². The molecule has 0 aromatic heterocycles. The highest BCUT2D eigenvalue weighted by atomic mass is 32.1. The van der Waals surface area contributed by atoms with Crippen molar-refractivity contribution in [2.75, 3.05) is 32.0 Å². The number of carbonyl (C=O) groups is 1. The van der Waals surface area contributed by atoms with Gasteiger partial charge in [-0.05, 0) is 42.0 Å². The summed E-state index contributed by atoms with van der Waals surface area (Å²) in [5.74, 6) is 1.07. The lowest BCUT2D eigenvalue weighted by molar-refractivity contribution is -0.139. The van der Waals surface area contributed by atoms with Crippen LogP contribution in [0.15, 0.2) is 42.5 Å². The molecule has 0 atom stereocenters. The largest absolute Gasteiger partial charge is 0.497 e. The predicted octanol–water partition coefficient (Wildman–Crippen LogP) is 3.23. The Morgan fingerprint density at radius 3 is 2.32 bits per heavy atom. The Morgan fingerprint density at radius 2 is 1.72 bits per heavy atom. The number of rotatable bonds is 6. The monoisotopic (exact) mass is 360 g/mol. The number of hydrogen-bond acceptors (Lipinski definition) is 5. The fourth-order valence-corrected chi connectivity index (χ4v) is 2.37. The van der Waals surface area contributed by atoms with E-state index in [2.05, 4.69) is 15.4 Å². The van der Waals surface area contributed by atoms with E-state index in [0.29, 0.717) is 22.3 Å². The topological polar surface area (TPSA) is 68.8 Å². The van der Waals surface area contributed by atoms with Crippen molar-refractivity contribution >= 4 is 34.7 Å². The van der Waals surface area contributed by atoms with Crippen molar-refractivity contribution in [3.63, 3.8) is 0 Å². The zero-order chi connectivity index (χ0) is 18.2. The summed E-state index contributed by atoms with van der Waals surface area (Å²) in [4.78, 5) is 11.3. The predicted molar refractivity (Wildman–Crippen MR) is 102 cm³/mol. The maximum Gasteiger partial charge on any atom is 0.309 e. The van der Waals surface area contributed by atoms with Crippen molar-refractivity contribution in [2.45, 2.75) is 6.42 Å². The maximum atomic E-state index is 11.3. The summed E-state index contributed by atoms with van der Waals surface area (Å²) in [5, 5.41) is 6.57. The molecule has 6 nitrogen and oxygen atoms in total. The Kier molecular flexibility index (Phi) is 6.59. The molecule has 0 bridgehead atoms. The second-order valence-electron chi connectivity index (χ2n) is 5.10. The van der Waals surface area contributed by atoms with Gasteiger partial charge in [-0.1, -0.05) is 12.1 Å². The summed E-state index contributed by atoms with van der Waals surface area (Å²) in [5.41, 5.74) is 2.36. The van der Waals surface area contributed by atoms with Crippen LogP contribution >= 0.6 is 12.2 Å². The van der Waals surface area contributed by atoms with Gasteiger partial charge in [-0.3, -0.25) is 4.79 Å². The van der Waals surface area contributed by atoms with Crippen LogP contribution in [0.4, 0.5) is 11.4 Å². The lowest BCUT2D eigenvalue weighted by atomic mass is 10.1. The van der Waals surface area contributed by atoms with E-state index in [0.717, 1.165) is 11.3 Å². The highest BCUT2D eigenvalue weighted by Crippen LogP contribution is 2.29. The third kappa shape index (κ3) is 5.36. The van der Waals surface area contributed by atoms with Crippen LogP contribution in [0.2, 0.25) is 0 Å². The van der Waals surface area contributed by atoms with Crippen LogP contribution < -0.4 is 20.1 Å². The molecule has 2 rings (SSSR count). The number of benzene rings is 2. The number of methoxy groups -OCH3 is 3. The molecule has 25 heavy (non-hydrogen) atoms. The smallest absolute Gasteiger partial charge is 0.309 e. The molecule has 0 fully saturated rings. The lowest BCUT2D eigenvalue weighted by Crippen LogP contribution is -2.19. The van der Waals surface area contributed by atoms with Gasteiger partial charge in [0.25, 0.3) is 0 Å². The van der Waals surface area contributed by atoms with Crippen molar-refractivity contribution in [2.24, 2.45) is 0 Å². The van der Waals surface area contributed by atoms with Gasteiger partial charge in [0.05, 0.1) is 33.4 Å². The second-order valence-corrected chi connectivity index (χ2v) is 5.50. The van der Waals surface area contributed by atoms with Gasteiger partial charge >= 0.3 is 5.97 Å². The Morgan fingerprint density at radius 1 is 1.00 bits per heavy atom. The number of anilines is 2. The molecule has 0 aliphatic rings. The molecule has 0 aliphatic carbocycles. The summed E-state index contributed by atoms with van der Waals surface area (Å²) >= 11 is 5.33. The van der Waals surface area contributed by atoms with Crippen LogP contribution in [0, 0.1) is 0 Å². The van der Waals surface area contributed by atoms with Crippen LogP contribution in [-0.2, 0) is 16.0 Å². The Bertz CT molecular complexity index is 747. The summed E-state index contributed by atoms with van der Waals surface area (Å²) in [6.45, 7) is 0. The van der Waals surface area contributed by atoms with Crippen molar-refractivity contribution in [1.82, 2.24) is 0 Å². The second kappa shape index (κ2) is 8.89. The van der Waals surface area contributed by atoms with Gasteiger partial charge in [-0.15, -0.1) is 0 Å². The summed E-state index contributed by atoms with van der Waals surface area (Å²) in [6, 6.07) is 12.8. The highest BCUT2D eigenvalue weighted by molar-refractivity contribution is 7.80. The summed E-state index contributed by atoms with van der Waals surface area (Å²) in [6.07, 6.45) is 0.237. The van der Waals surface area contributed by atoms with Gasteiger partial charge < -0.3 is 24.8 Å². The van der Waals surface area contributed by atoms with Crippen LogP contribution in [0.1, 0.15) is 5.56 Å². The van der Waals surface area contributed by atoms with Crippen LogP contribution in [0.3, 0.4) is 0 Å². The first-order valence-electron chi connectivity index (χ1n) is 7.51. The minimum absolute atomic E-state index is 0.237. The van der Waals surface area contributed by atoms with E-state index in [4.69, 9.17) is 21.7 Å². The normalized spacial score (nSPS) is 9.88. The Balaban J connectivity index is 2.01. The molecule has 0 saturated carbocycles. The molecule has 2 N–H and O–H groups in total. The fraction of sp³-hybridized carbons (Fsp3) is 0.222. The molecular formula is C18H20N2O4S. The maximum absolute atomic E-state index is 11.3. The van der Waals surface area contributed by atoms with Crippen LogP contribution in [0.5, 0.6) is 11.5 Å². The van der Waals surface area contributed by atoms with E-state index < -0.39 is 0 Å². The van der Waals surface area contributed by atoms with Crippen LogP contribution in [-0.4, -0.2) is 32.4 Å². The lowest BCUT2D eigenvalue weighted by Gasteiger charge is -2.14. The molecule has 0 aliphatic heterocycles. The van der Waals surface area contributed by atoms with Gasteiger partial charge in [0.15, 0.2) is 5.11 Å². The molecule has 7 heteroatoms. The standard InChI is InChI=1S/C18H20N2O4S/c1-22-14-8-9-16(23-2)15(11-14)20-18(25)19-13-6-4-12(5-7-13)10-17(21)24-3/h4-9,11H,10H2,1-3H3,(H2,19,20,25). The first-order chi connectivity index (χ1) is 12.0. The summed E-state index contributed by atoms with van der Waals surface area (Å²) < 4.78 is 15.2. The molecule has 0 spiro atoms. The number of carbonyl (C=O) groups excluding carboxylic acids is 1. The first-order valence-corrected chi connectivity index (χ1v) is 7.92. The third-order valence-electron chi connectivity index (χ3n) is 3.44. The van der Waals surface area contributed by atoms with E-state index in [1.165, 1.54) is 7.11 Å². The van der Waals surface area contributed by atoms with Gasteiger partial charge in [-0.2, -0.15) is 0 Å². The SMILES string of the molecule is COC(=O)Cc1ccc(NC(=S)Nc2cc(OC)ccc2OC)cc1. The molecular weight excluding hydrogens is 340 g/mol. The van der Waals surface area contributed by atoms with E-state index in [1.807, 2.05) is 24.3 Å². The van der Waals surface area contributed by atoms with Crippen LogP contribution in [0.25, 0.3) is 0 Å². The van der Waals surface area contributed by atoms with E-state index in [1.54, 1.807) is 32.4 Å². The Labute approximate surface area is 152 Å². The molecule has 2 aromatic carbocycles. The number of thiocarbonyl (C=S) groups is 1. The average molecular weight is 360 g/mol. The molecule has 0 radical (unpaired) electrons. The highest BCUT2D eigenvalue weighted by Gasteiger charge is 2.08. The molecule has 0 amide bonds. The zero-order valence-corrected chi connectivity index (χ0v) is 15.1. The minimum atomic E-state index is -0.275. The molecule has 0 saturated heterocycles. The minimum Gasteiger partial charge on any atom is -0.497 e. The number of nitrogens with one attached hydrogen (secondary N) is 2. The van der Waals surface area contributed by atoms with Gasteiger partial charge in [0, 0.05) is 11.8 Å². The van der Waals surface area contributed by atoms with E-state index in [9.17, 15) is 4.79 Å².